The highest BCUT2D eigenvalue weighted by molar-refractivity contribution is 8.18. The first kappa shape index (κ1) is 32.9. The second kappa shape index (κ2) is 16.1. The number of ether oxygens (including phenoxy) is 4. The Kier molecular flexibility index (Phi) is 12.3. The molecule has 0 N–H and O–H groups in total. The lowest BCUT2D eigenvalue weighted by atomic mass is 10.0. The molecule has 226 valence electrons. The minimum Gasteiger partial charge on any atom is -0.463 e. The van der Waals surface area contributed by atoms with E-state index in [2.05, 4.69) is 0 Å². The van der Waals surface area contributed by atoms with Crippen LogP contribution in [0.1, 0.15) is 59.5 Å². The number of hydrogen-bond donors (Lipinski definition) is 0. The molecule has 0 spiro atoms. The summed E-state index contributed by atoms with van der Waals surface area (Å²) in [5.41, 5.74) is 2.38. The average molecular weight is 607 g/mol. The summed E-state index contributed by atoms with van der Waals surface area (Å²) in [6, 6.07) is 16.3. The SMILES string of the molecule is CCOC(=O)/C=C(\S/C(=N\n1cc(C(=O)OCC)c(C(=O)OCC)c1-c1ccccc1)c1ccc(C)cc1)C(=O)OCC. The van der Waals surface area contributed by atoms with E-state index in [1.54, 1.807) is 64.1 Å². The number of carbonyl (C=O) groups is 4. The number of benzene rings is 2. The number of carbonyl (C=O) groups excluding carboxylic acids is 4. The number of esters is 4. The molecule has 43 heavy (non-hydrogen) atoms. The van der Waals surface area contributed by atoms with Gasteiger partial charge >= 0.3 is 23.9 Å². The Labute approximate surface area is 254 Å². The van der Waals surface area contributed by atoms with Gasteiger partial charge in [-0.15, -0.1) is 0 Å². The largest absolute Gasteiger partial charge is 0.463 e. The third-order valence-corrected chi connectivity index (χ3v) is 6.74. The van der Waals surface area contributed by atoms with Crippen molar-refractivity contribution in [3.8, 4) is 11.3 Å². The highest BCUT2D eigenvalue weighted by Gasteiger charge is 2.30. The van der Waals surface area contributed by atoms with E-state index in [-0.39, 0.29) is 53.2 Å². The number of aromatic nitrogens is 1. The molecule has 0 saturated heterocycles. The highest BCUT2D eigenvalue weighted by atomic mass is 32.2. The van der Waals surface area contributed by atoms with E-state index in [4.69, 9.17) is 24.0 Å². The van der Waals surface area contributed by atoms with Gasteiger partial charge in [-0.05, 0) is 34.6 Å². The molecule has 1 aromatic heterocycles. The van der Waals surface area contributed by atoms with E-state index in [0.29, 0.717) is 11.1 Å². The Hall–Kier alpha value is -4.64. The van der Waals surface area contributed by atoms with Crippen LogP contribution in [0, 0.1) is 6.92 Å². The molecule has 11 heteroatoms. The van der Waals surface area contributed by atoms with E-state index >= 15 is 0 Å². The molecule has 0 aliphatic heterocycles. The van der Waals surface area contributed by atoms with Crippen molar-refractivity contribution in [3.05, 3.63) is 94.0 Å². The van der Waals surface area contributed by atoms with Crippen LogP contribution in [0.25, 0.3) is 11.3 Å². The van der Waals surface area contributed by atoms with Crippen molar-refractivity contribution in [2.75, 3.05) is 26.4 Å². The van der Waals surface area contributed by atoms with Gasteiger partial charge in [0, 0.05) is 23.4 Å². The average Bonchev–Trinajstić information content (AvgIpc) is 3.37. The van der Waals surface area contributed by atoms with Gasteiger partial charge < -0.3 is 18.9 Å². The lowest BCUT2D eigenvalue weighted by Crippen LogP contribution is -2.13. The topological polar surface area (TPSA) is 122 Å². The molecule has 0 atom stereocenters. The molecule has 0 aliphatic rings. The van der Waals surface area contributed by atoms with Crippen molar-refractivity contribution in [2.24, 2.45) is 5.10 Å². The fourth-order valence-electron chi connectivity index (χ4n) is 3.88. The zero-order chi connectivity index (χ0) is 31.4. The molecule has 0 radical (unpaired) electrons. The predicted octanol–water partition coefficient (Wildman–Crippen LogP) is 5.77. The standard InChI is InChI=1S/C32H34N2O8S/c1-6-39-26(35)19-25(31(37)41-8-3)43-29(23-17-15-21(5)16-18-23)33-34-20-24(30(36)40-7-2)27(32(38)42-9-4)28(34)22-13-11-10-12-14-22/h10-20H,6-9H2,1-5H3/b25-19-,33-29-. The van der Waals surface area contributed by atoms with Crippen molar-refractivity contribution in [3.63, 3.8) is 0 Å². The molecule has 0 unspecified atom stereocenters. The Morgan fingerprint density at radius 3 is 2.00 bits per heavy atom. The minimum atomic E-state index is -0.740. The van der Waals surface area contributed by atoms with Crippen LogP contribution < -0.4 is 0 Å². The first-order valence-electron chi connectivity index (χ1n) is 13.8. The Morgan fingerprint density at radius 1 is 0.791 bits per heavy atom. The summed E-state index contributed by atoms with van der Waals surface area (Å²) in [5, 5.41) is 5.08. The van der Waals surface area contributed by atoms with Gasteiger partial charge in [-0.3, -0.25) is 0 Å². The summed E-state index contributed by atoms with van der Waals surface area (Å²) in [6.07, 6.45) is 2.44. The smallest absolute Gasteiger partial charge is 0.345 e. The van der Waals surface area contributed by atoms with E-state index in [9.17, 15) is 19.2 Å². The molecule has 3 aromatic rings. The molecule has 0 saturated carbocycles. The summed E-state index contributed by atoms with van der Waals surface area (Å²) < 4.78 is 22.2. The van der Waals surface area contributed by atoms with Crippen LogP contribution in [0.2, 0.25) is 0 Å². The van der Waals surface area contributed by atoms with Gasteiger partial charge in [0.25, 0.3) is 0 Å². The van der Waals surface area contributed by atoms with Gasteiger partial charge in [-0.2, -0.15) is 5.10 Å². The normalized spacial score (nSPS) is 11.6. The quantitative estimate of drug-likeness (QED) is 0.0831. The monoisotopic (exact) mass is 606 g/mol. The summed E-state index contributed by atoms with van der Waals surface area (Å²) in [4.78, 5) is 51.6. The fraction of sp³-hybridized carbons (Fsp3) is 0.281. The number of nitrogens with zero attached hydrogens (tertiary/aromatic N) is 2. The summed E-state index contributed by atoms with van der Waals surface area (Å²) >= 11 is 0.885. The number of thioether (sulfide) groups is 1. The van der Waals surface area contributed by atoms with Gasteiger partial charge in [0.15, 0.2) is 0 Å². The zero-order valence-electron chi connectivity index (χ0n) is 24.7. The number of hydrogen-bond acceptors (Lipinski definition) is 10. The van der Waals surface area contributed by atoms with Crippen LogP contribution in [0.3, 0.4) is 0 Å². The lowest BCUT2D eigenvalue weighted by Gasteiger charge is -2.12. The maximum absolute atomic E-state index is 13.3. The first-order valence-corrected chi connectivity index (χ1v) is 14.6. The molecular formula is C32H34N2O8S. The predicted molar refractivity (Wildman–Crippen MR) is 164 cm³/mol. The van der Waals surface area contributed by atoms with Gasteiger partial charge in [-0.1, -0.05) is 71.9 Å². The van der Waals surface area contributed by atoms with Gasteiger partial charge in [0.05, 0.1) is 37.7 Å². The van der Waals surface area contributed by atoms with Crippen LogP contribution in [-0.2, 0) is 28.5 Å². The van der Waals surface area contributed by atoms with Crippen molar-refractivity contribution in [1.82, 2.24) is 4.68 Å². The van der Waals surface area contributed by atoms with Crippen molar-refractivity contribution >= 4 is 40.7 Å². The second-order valence-electron chi connectivity index (χ2n) is 8.77. The maximum atomic E-state index is 13.3. The van der Waals surface area contributed by atoms with Crippen molar-refractivity contribution in [1.29, 1.82) is 0 Å². The first-order chi connectivity index (χ1) is 20.7. The van der Waals surface area contributed by atoms with Gasteiger partial charge in [0.1, 0.15) is 15.5 Å². The van der Waals surface area contributed by atoms with E-state index in [1.807, 2.05) is 25.1 Å². The maximum Gasteiger partial charge on any atom is 0.345 e. The molecule has 0 aliphatic carbocycles. The van der Waals surface area contributed by atoms with Crippen LogP contribution in [-0.4, -0.2) is 60.0 Å². The Balaban J connectivity index is 2.35. The number of aryl methyl sites for hydroxylation is 1. The van der Waals surface area contributed by atoms with Crippen LogP contribution in [0.5, 0.6) is 0 Å². The van der Waals surface area contributed by atoms with Crippen molar-refractivity contribution in [2.45, 2.75) is 34.6 Å². The highest BCUT2D eigenvalue weighted by Crippen LogP contribution is 2.32. The Morgan fingerprint density at radius 2 is 1.40 bits per heavy atom. The second-order valence-corrected chi connectivity index (χ2v) is 9.80. The zero-order valence-corrected chi connectivity index (χ0v) is 25.6. The molecule has 1 heterocycles. The van der Waals surface area contributed by atoms with Crippen LogP contribution in [0.15, 0.2) is 76.9 Å². The van der Waals surface area contributed by atoms with E-state index in [1.165, 1.54) is 10.9 Å². The molecule has 2 aromatic carbocycles. The third-order valence-electron chi connectivity index (χ3n) is 5.72. The molecule has 0 amide bonds. The van der Waals surface area contributed by atoms with Crippen molar-refractivity contribution < 1.29 is 38.1 Å². The molecule has 10 nitrogen and oxygen atoms in total. The molecule has 3 rings (SSSR count). The molecule has 0 bridgehead atoms. The van der Waals surface area contributed by atoms with E-state index < -0.39 is 23.9 Å². The summed E-state index contributed by atoms with van der Waals surface area (Å²) in [5.74, 6) is -2.91. The van der Waals surface area contributed by atoms with Crippen LogP contribution in [0.4, 0.5) is 0 Å². The summed E-state index contributed by atoms with van der Waals surface area (Å²) in [7, 11) is 0. The van der Waals surface area contributed by atoms with E-state index in [0.717, 1.165) is 23.4 Å². The minimum absolute atomic E-state index is 0.0174. The van der Waals surface area contributed by atoms with Gasteiger partial charge in [0.2, 0.25) is 0 Å². The lowest BCUT2D eigenvalue weighted by molar-refractivity contribution is -0.140. The third kappa shape index (κ3) is 8.68. The number of rotatable bonds is 12. The molecule has 0 fully saturated rings. The van der Waals surface area contributed by atoms with Crippen LogP contribution >= 0.6 is 11.8 Å². The fourth-order valence-corrected chi connectivity index (χ4v) is 4.77. The van der Waals surface area contributed by atoms with Gasteiger partial charge in [-0.25, -0.2) is 23.9 Å². The Bertz CT molecular complexity index is 1510. The molecular weight excluding hydrogens is 572 g/mol. The summed E-state index contributed by atoms with van der Waals surface area (Å²) in [6.45, 7) is 8.92.